The normalized spacial score (nSPS) is 21.9. The van der Waals surface area contributed by atoms with Crippen molar-refractivity contribution < 1.29 is 23.2 Å². The number of carbonyl (C=O) groups excluding carboxylic acids is 1. The predicted molar refractivity (Wildman–Crippen MR) is 101 cm³/mol. The van der Waals surface area contributed by atoms with Crippen LogP contribution in [-0.2, 0) is 14.8 Å². The van der Waals surface area contributed by atoms with Gasteiger partial charge in [0, 0.05) is 11.3 Å². The van der Waals surface area contributed by atoms with E-state index in [2.05, 4.69) is 0 Å². The standard InChI is InChI=1S/C17H26N2O5S2/c1-17(2)15(16(20)18-21)19(11-5-4-6-12-25-17)26(22,23)14-9-7-13(24-3)8-10-14/h7-10,15,21H,4-6,11-12H2,1-3H3,(H,18,20). The van der Waals surface area contributed by atoms with Crippen LogP contribution < -0.4 is 10.2 Å². The Morgan fingerprint density at radius 1 is 1.27 bits per heavy atom. The van der Waals surface area contributed by atoms with E-state index in [9.17, 15) is 18.4 Å². The summed E-state index contributed by atoms with van der Waals surface area (Å²) >= 11 is 1.54. The maximum atomic E-state index is 13.3. The highest BCUT2D eigenvalue weighted by Crippen LogP contribution is 2.36. The minimum absolute atomic E-state index is 0.0917. The smallest absolute Gasteiger partial charge is 0.263 e. The lowest BCUT2D eigenvalue weighted by Crippen LogP contribution is -2.58. The number of sulfonamides is 1. The van der Waals surface area contributed by atoms with Gasteiger partial charge in [-0.2, -0.15) is 16.1 Å². The molecule has 1 unspecified atom stereocenters. The largest absolute Gasteiger partial charge is 0.497 e. The average molecular weight is 403 g/mol. The number of hydrogen-bond acceptors (Lipinski definition) is 6. The van der Waals surface area contributed by atoms with E-state index in [1.54, 1.807) is 29.4 Å². The Morgan fingerprint density at radius 2 is 1.92 bits per heavy atom. The summed E-state index contributed by atoms with van der Waals surface area (Å²) in [6.07, 6.45) is 2.49. The van der Waals surface area contributed by atoms with Gasteiger partial charge in [0.15, 0.2) is 0 Å². The highest BCUT2D eigenvalue weighted by Gasteiger charge is 2.45. The Balaban J connectivity index is 2.51. The van der Waals surface area contributed by atoms with Crippen LogP contribution in [0.15, 0.2) is 29.2 Å². The van der Waals surface area contributed by atoms with Gasteiger partial charge in [-0.3, -0.25) is 10.0 Å². The second kappa shape index (κ2) is 8.60. The monoisotopic (exact) mass is 402 g/mol. The average Bonchev–Trinajstić information content (AvgIpc) is 2.69. The summed E-state index contributed by atoms with van der Waals surface area (Å²) in [6.45, 7) is 3.88. The van der Waals surface area contributed by atoms with Crippen molar-refractivity contribution in [1.82, 2.24) is 9.79 Å². The molecular weight excluding hydrogens is 376 g/mol. The molecule has 1 saturated heterocycles. The number of thioether (sulfide) groups is 1. The molecule has 1 atom stereocenters. The zero-order chi connectivity index (χ0) is 19.4. The number of nitrogens with one attached hydrogen (secondary N) is 1. The van der Waals surface area contributed by atoms with Gasteiger partial charge in [-0.05, 0) is 56.7 Å². The van der Waals surface area contributed by atoms with Crippen LogP contribution in [0.3, 0.4) is 0 Å². The van der Waals surface area contributed by atoms with E-state index in [0.717, 1.165) is 18.6 Å². The Morgan fingerprint density at radius 3 is 2.50 bits per heavy atom. The number of carbonyl (C=O) groups is 1. The van der Waals surface area contributed by atoms with Gasteiger partial charge in [0.2, 0.25) is 10.0 Å². The molecule has 1 aliphatic heterocycles. The maximum absolute atomic E-state index is 13.3. The lowest BCUT2D eigenvalue weighted by Gasteiger charge is -2.38. The fraction of sp³-hybridized carbons (Fsp3) is 0.588. The number of benzene rings is 1. The van der Waals surface area contributed by atoms with Crippen LogP contribution in [0.2, 0.25) is 0 Å². The molecule has 0 aliphatic carbocycles. The minimum atomic E-state index is -3.93. The minimum Gasteiger partial charge on any atom is -0.497 e. The van der Waals surface area contributed by atoms with E-state index in [1.165, 1.54) is 23.5 Å². The highest BCUT2D eigenvalue weighted by atomic mass is 32.2. The summed E-state index contributed by atoms with van der Waals surface area (Å²) in [5.41, 5.74) is 1.65. The summed E-state index contributed by atoms with van der Waals surface area (Å²) in [5, 5.41) is 9.23. The van der Waals surface area contributed by atoms with E-state index in [0.29, 0.717) is 12.2 Å². The summed E-state index contributed by atoms with van der Waals surface area (Å²) in [4.78, 5) is 12.5. The number of hydrogen-bond donors (Lipinski definition) is 2. The van der Waals surface area contributed by atoms with Gasteiger partial charge >= 0.3 is 0 Å². The molecule has 7 nitrogen and oxygen atoms in total. The molecular formula is C17H26N2O5S2. The number of hydroxylamine groups is 1. The SMILES string of the molecule is COc1ccc(S(=O)(=O)N2CCCCCSC(C)(C)C2C(=O)NO)cc1. The summed E-state index contributed by atoms with van der Waals surface area (Å²) in [6, 6.07) is 5.06. The molecule has 0 spiro atoms. The van der Waals surface area contributed by atoms with Crippen LogP contribution in [0.4, 0.5) is 0 Å². The molecule has 0 radical (unpaired) electrons. The van der Waals surface area contributed by atoms with Crippen LogP contribution in [0.25, 0.3) is 0 Å². The molecule has 26 heavy (non-hydrogen) atoms. The van der Waals surface area contributed by atoms with E-state index in [1.807, 2.05) is 13.8 Å². The fourth-order valence-electron chi connectivity index (χ4n) is 3.09. The Hall–Kier alpha value is -1.29. The van der Waals surface area contributed by atoms with Crippen LogP contribution in [-0.4, -0.2) is 54.0 Å². The van der Waals surface area contributed by atoms with Crippen LogP contribution in [0.1, 0.15) is 33.1 Å². The highest BCUT2D eigenvalue weighted by molar-refractivity contribution is 8.00. The number of nitrogens with zero attached hydrogens (tertiary/aromatic N) is 1. The Bertz CT molecular complexity index is 719. The molecule has 1 fully saturated rings. The molecule has 0 aromatic heterocycles. The summed E-state index contributed by atoms with van der Waals surface area (Å²) < 4.78 is 32.2. The molecule has 0 saturated carbocycles. The Labute approximate surface area is 159 Å². The van der Waals surface area contributed by atoms with Crippen LogP contribution in [0, 0.1) is 0 Å². The first-order valence-electron chi connectivity index (χ1n) is 8.48. The third-order valence-electron chi connectivity index (χ3n) is 4.47. The molecule has 0 bridgehead atoms. The zero-order valence-electron chi connectivity index (χ0n) is 15.3. The van der Waals surface area contributed by atoms with Crippen molar-refractivity contribution in [2.24, 2.45) is 0 Å². The van der Waals surface area contributed by atoms with Crippen molar-refractivity contribution in [2.45, 2.75) is 48.8 Å². The van der Waals surface area contributed by atoms with Gasteiger partial charge in [0.25, 0.3) is 5.91 Å². The van der Waals surface area contributed by atoms with Crippen molar-refractivity contribution >= 4 is 27.7 Å². The topological polar surface area (TPSA) is 95.9 Å². The summed E-state index contributed by atoms with van der Waals surface area (Å²) in [5.74, 6) is 0.661. The molecule has 1 amide bonds. The molecule has 1 aromatic rings. The molecule has 2 N–H and O–H groups in total. The molecule has 2 rings (SSSR count). The van der Waals surface area contributed by atoms with Gasteiger partial charge in [-0.25, -0.2) is 13.9 Å². The van der Waals surface area contributed by atoms with E-state index in [4.69, 9.17) is 4.74 Å². The van der Waals surface area contributed by atoms with Crippen molar-refractivity contribution in [2.75, 3.05) is 19.4 Å². The molecule has 1 heterocycles. The first-order chi connectivity index (χ1) is 12.2. The number of ether oxygens (including phenoxy) is 1. The van der Waals surface area contributed by atoms with Gasteiger partial charge in [0.1, 0.15) is 11.8 Å². The van der Waals surface area contributed by atoms with Gasteiger partial charge in [-0.15, -0.1) is 0 Å². The lowest BCUT2D eigenvalue weighted by atomic mass is 10.0. The summed E-state index contributed by atoms with van der Waals surface area (Å²) in [7, 11) is -2.42. The van der Waals surface area contributed by atoms with Gasteiger partial charge < -0.3 is 4.74 Å². The van der Waals surface area contributed by atoms with Crippen LogP contribution >= 0.6 is 11.8 Å². The second-order valence-corrected chi connectivity index (χ2v) is 10.3. The zero-order valence-corrected chi connectivity index (χ0v) is 16.9. The first kappa shape index (κ1) is 21.0. The molecule has 1 aliphatic rings. The van der Waals surface area contributed by atoms with E-state index < -0.39 is 26.7 Å². The molecule has 1 aromatic carbocycles. The van der Waals surface area contributed by atoms with E-state index >= 15 is 0 Å². The first-order valence-corrected chi connectivity index (χ1v) is 10.9. The lowest BCUT2D eigenvalue weighted by molar-refractivity contribution is -0.134. The van der Waals surface area contributed by atoms with Gasteiger partial charge in [-0.1, -0.05) is 6.42 Å². The predicted octanol–water partition coefficient (Wildman–Crippen LogP) is 2.26. The van der Waals surface area contributed by atoms with Crippen molar-refractivity contribution in [3.05, 3.63) is 24.3 Å². The van der Waals surface area contributed by atoms with Crippen LogP contribution in [0.5, 0.6) is 5.75 Å². The quantitative estimate of drug-likeness (QED) is 0.592. The third kappa shape index (κ3) is 4.51. The molecule has 146 valence electrons. The van der Waals surface area contributed by atoms with Crippen molar-refractivity contribution in [3.8, 4) is 5.75 Å². The second-order valence-electron chi connectivity index (χ2n) is 6.68. The fourth-order valence-corrected chi connectivity index (χ4v) is 6.18. The number of amides is 1. The van der Waals surface area contributed by atoms with E-state index in [-0.39, 0.29) is 11.4 Å². The maximum Gasteiger partial charge on any atom is 0.263 e. The van der Waals surface area contributed by atoms with Crippen molar-refractivity contribution in [1.29, 1.82) is 0 Å². The third-order valence-corrected chi connectivity index (χ3v) is 7.81. The van der Waals surface area contributed by atoms with Crippen molar-refractivity contribution in [3.63, 3.8) is 0 Å². The number of rotatable bonds is 4. The molecule has 9 heteroatoms. The number of methoxy groups -OCH3 is 1. The Kier molecular flexibility index (Phi) is 6.95. The van der Waals surface area contributed by atoms with Gasteiger partial charge in [0.05, 0.1) is 12.0 Å².